The first kappa shape index (κ1) is 19.9. The van der Waals surface area contributed by atoms with Gasteiger partial charge in [0.2, 0.25) is 0 Å². The van der Waals surface area contributed by atoms with E-state index >= 15 is 0 Å². The number of piperazine rings is 1. The molecule has 1 N–H and O–H groups in total. The van der Waals surface area contributed by atoms with Crippen molar-refractivity contribution in [1.82, 2.24) is 15.1 Å². The van der Waals surface area contributed by atoms with Gasteiger partial charge in [0.15, 0.2) is 11.7 Å². The largest absolute Gasteiger partial charge is 0.459 e. The molecule has 2 aromatic rings. The van der Waals surface area contributed by atoms with Gasteiger partial charge in [-0.05, 0) is 23.8 Å². The molecule has 2 heterocycles. The molecule has 0 aliphatic carbocycles. The van der Waals surface area contributed by atoms with Crippen LogP contribution in [0, 0.1) is 5.82 Å². The summed E-state index contributed by atoms with van der Waals surface area (Å²) in [5, 5.41) is 3.36. The van der Waals surface area contributed by atoms with Crippen LogP contribution < -0.4 is 5.32 Å². The summed E-state index contributed by atoms with van der Waals surface area (Å²) in [5.74, 6) is 0.833. The van der Waals surface area contributed by atoms with Crippen LogP contribution in [0.15, 0.2) is 52.1 Å². The van der Waals surface area contributed by atoms with Gasteiger partial charge in [0.05, 0.1) is 6.26 Å². The summed E-state index contributed by atoms with van der Waals surface area (Å²) in [6.07, 6.45) is 1.51. The van der Waals surface area contributed by atoms with Crippen molar-refractivity contribution in [2.45, 2.75) is 19.3 Å². The lowest BCUT2D eigenvalue weighted by Gasteiger charge is -2.37. The molecule has 0 unspecified atom stereocenters. The predicted octanol–water partition coefficient (Wildman–Crippen LogP) is 2.73. The molecule has 3 rings (SSSR count). The lowest BCUT2D eigenvalue weighted by atomic mass is 9.84. The number of hydrogen-bond donors (Lipinski definition) is 1. The number of nitrogens with one attached hydrogen (secondary N) is 1. The van der Waals surface area contributed by atoms with E-state index in [9.17, 15) is 9.18 Å². The number of carbonyl (C=O) groups is 1. The van der Waals surface area contributed by atoms with Gasteiger partial charge in [-0.2, -0.15) is 0 Å². The normalized spacial score (nSPS) is 15.6. The summed E-state index contributed by atoms with van der Waals surface area (Å²) in [7, 11) is 1.73. The fraction of sp³-hybridized carbons (Fsp3) is 0.429. The van der Waals surface area contributed by atoms with Gasteiger partial charge in [-0.3, -0.25) is 9.79 Å². The smallest absolute Gasteiger partial charge is 0.289 e. The Morgan fingerprint density at radius 2 is 1.82 bits per heavy atom. The van der Waals surface area contributed by atoms with E-state index in [1.165, 1.54) is 12.3 Å². The zero-order valence-electron chi connectivity index (χ0n) is 16.6. The summed E-state index contributed by atoms with van der Waals surface area (Å²) in [6.45, 7) is 7.09. The van der Waals surface area contributed by atoms with Crippen LogP contribution in [0.1, 0.15) is 30.0 Å². The molecule has 7 heteroatoms. The van der Waals surface area contributed by atoms with Crippen LogP contribution in [-0.2, 0) is 5.41 Å². The van der Waals surface area contributed by atoms with Gasteiger partial charge in [-0.25, -0.2) is 4.39 Å². The second-order valence-corrected chi connectivity index (χ2v) is 7.52. The Morgan fingerprint density at radius 1 is 1.14 bits per heavy atom. The number of carbonyl (C=O) groups excluding carboxylic acids is 1. The monoisotopic (exact) mass is 386 g/mol. The second-order valence-electron chi connectivity index (χ2n) is 7.52. The molecule has 0 saturated carbocycles. The van der Waals surface area contributed by atoms with E-state index in [0.29, 0.717) is 44.0 Å². The highest BCUT2D eigenvalue weighted by molar-refractivity contribution is 5.91. The van der Waals surface area contributed by atoms with Crippen LogP contribution in [-0.4, -0.2) is 61.4 Å². The van der Waals surface area contributed by atoms with Gasteiger partial charge in [0.25, 0.3) is 5.91 Å². The van der Waals surface area contributed by atoms with Crippen LogP contribution in [0.3, 0.4) is 0 Å². The van der Waals surface area contributed by atoms with E-state index in [0.717, 1.165) is 5.96 Å². The zero-order chi connectivity index (χ0) is 20.1. The maximum absolute atomic E-state index is 14.2. The molecule has 0 bridgehead atoms. The third-order valence-corrected chi connectivity index (χ3v) is 5.10. The van der Waals surface area contributed by atoms with Crippen LogP contribution in [0.25, 0.3) is 0 Å². The van der Waals surface area contributed by atoms with Crippen molar-refractivity contribution >= 4 is 11.9 Å². The molecule has 1 amide bonds. The molecular formula is C21H27FN4O2. The number of guanidine groups is 1. The summed E-state index contributed by atoms with van der Waals surface area (Å²) < 4.78 is 19.4. The molecule has 6 nitrogen and oxygen atoms in total. The van der Waals surface area contributed by atoms with E-state index in [1.54, 1.807) is 30.1 Å². The number of furan rings is 1. The number of aliphatic imine (C=N–C) groups is 1. The van der Waals surface area contributed by atoms with Gasteiger partial charge < -0.3 is 19.5 Å². The minimum absolute atomic E-state index is 0.0896. The maximum Gasteiger partial charge on any atom is 0.289 e. The van der Waals surface area contributed by atoms with Crippen molar-refractivity contribution in [2.75, 3.05) is 39.8 Å². The highest BCUT2D eigenvalue weighted by Crippen LogP contribution is 2.25. The van der Waals surface area contributed by atoms with Gasteiger partial charge in [0, 0.05) is 45.2 Å². The van der Waals surface area contributed by atoms with Crippen LogP contribution >= 0.6 is 0 Å². The molecule has 0 atom stereocenters. The maximum atomic E-state index is 14.2. The topological polar surface area (TPSA) is 61.1 Å². The molecule has 1 aromatic heterocycles. The highest BCUT2D eigenvalue weighted by atomic mass is 19.1. The zero-order valence-corrected chi connectivity index (χ0v) is 16.6. The summed E-state index contributed by atoms with van der Waals surface area (Å²) in [4.78, 5) is 20.6. The fourth-order valence-electron chi connectivity index (χ4n) is 3.42. The van der Waals surface area contributed by atoms with Crippen LogP contribution in [0.4, 0.5) is 4.39 Å². The molecule has 0 spiro atoms. The number of nitrogens with zero attached hydrogens (tertiary/aromatic N) is 3. The third-order valence-electron chi connectivity index (χ3n) is 5.10. The molecule has 28 heavy (non-hydrogen) atoms. The number of amides is 1. The first-order chi connectivity index (χ1) is 13.4. The molecule has 1 aromatic carbocycles. The molecular weight excluding hydrogens is 359 g/mol. The van der Waals surface area contributed by atoms with Crippen LogP contribution in [0.2, 0.25) is 0 Å². The SMILES string of the molecule is CN=C(NCC(C)(C)c1ccccc1F)N1CCN(C(=O)c2ccco2)CC1. The fourth-order valence-corrected chi connectivity index (χ4v) is 3.42. The second kappa shape index (κ2) is 8.46. The van der Waals surface area contributed by atoms with E-state index in [1.807, 2.05) is 26.0 Å². The van der Waals surface area contributed by atoms with Crippen molar-refractivity contribution in [1.29, 1.82) is 0 Å². The summed E-state index contributed by atoms with van der Waals surface area (Å²) in [6, 6.07) is 10.3. The van der Waals surface area contributed by atoms with E-state index in [-0.39, 0.29) is 11.7 Å². The summed E-state index contributed by atoms with van der Waals surface area (Å²) >= 11 is 0. The number of halogens is 1. The Kier molecular flexibility index (Phi) is 6.02. The highest BCUT2D eigenvalue weighted by Gasteiger charge is 2.28. The quantitative estimate of drug-likeness (QED) is 0.648. The third kappa shape index (κ3) is 4.35. The predicted molar refractivity (Wildman–Crippen MR) is 107 cm³/mol. The van der Waals surface area contributed by atoms with Gasteiger partial charge in [0.1, 0.15) is 5.82 Å². The van der Waals surface area contributed by atoms with Crippen molar-refractivity contribution in [3.05, 3.63) is 59.8 Å². The van der Waals surface area contributed by atoms with Gasteiger partial charge in [-0.1, -0.05) is 32.0 Å². The van der Waals surface area contributed by atoms with E-state index in [2.05, 4.69) is 15.2 Å². The molecule has 1 saturated heterocycles. The minimum Gasteiger partial charge on any atom is -0.459 e. The Balaban J connectivity index is 1.56. The van der Waals surface area contributed by atoms with Crippen LogP contribution in [0.5, 0.6) is 0 Å². The number of rotatable bonds is 4. The molecule has 1 aliphatic heterocycles. The molecule has 0 radical (unpaired) electrons. The number of hydrogen-bond acceptors (Lipinski definition) is 3. The van der Waals surface area contributed by atoms with Crippen molar-refractivity contribution in [2.24, 2.45) is 4.99 Å². The first-order valence-corrected chi connectivity index (χ1v) is 9.46. The Labute approximate surface area is 165 Å². The van der Waals surface area contributed by atoms with Gasteiger partial charge in [-0.15, -0.1) is 0 Å². The average Bonchev–Trinajstić information content (AvgIpc) is 3.23. The molecule has 1 aliphatic rings. The summed E-state index contributed by atoms with van der Waals surface area (Å²) in [5.41, 5.74) is 0.282. The standard InChI is InChI=1S/C21H27FN4O2/c1-21(2,16-7-4-5-8-17(16)22)15-24-20(23-3)26-12-10-25(11-13-26)19(27)18-9-6-14-28-18/h4-9,14H,10-13,15H2,1-3H3,(H,23,24). The lowest BCUT2D eigenvalue weighted by Crippen LogP contribution is -2.54. The Hall–Kier alpha value is -2.83. The molecule has 1 fully saturated rings. The van der Waals surface area contributed by atoms with Crippen molar-refractivity contribution < 1.29 is 13.6 Å². The van der Waals surface area contributed by atoms with E-state index in [4.69, 9.17) is 4.42 Å². The van der Waals surface area contributed by atoms with Gasteiger partial charge >= 0.3 is 0 Å². The minimum atomic E-state index is -0.391. The van der Waals surface area contributed by atoms with E-state index < -0.39 is 5.41 Å². The van der Waals surface area contributed by atoms with Crippen molar-refractivity contribution in [3.8, 4) is 0 Å². The Bertz CT molecular complexity index is 825. The average molecular weight is 386 g/mol. The van der Waals surface area contributed by atoms with Crippen molar-refractivity contribution in [3.63, 3.8) is 0 Å². The first-order valence-electron chi connectivity index (χ1n) is 9.46. The Morgan fingerprint density at radius 3 is 2.43 bits per heavy atom. The number of benzene rings is 1. The molecule has 150 valence electrons. The lowest BCUT2D eigenvalue weighted by molar-refractivity contribution is 0.0657.